The predicted octanol–water partition coefficient (Wildman–Crippen LogP) is 1.88. The van der Waals surface area contributed by atoms with Crippen LogP contribution in [0.5, 0.6) is 0 Å². The molecule has 8 heteroatoms. The Labute approximate surface area is 113 Å². The molecule has 1 N–H and O–H groups in total. The molecule has 2 aromatic rings. The number of nitrogens with one attached hydrogen (secondary N) is 1. The Morgan fingerprint density at radius 3 is 2.95 bits per heavy atom. The van der Waals surface area contributed by atoms with E-state index >= 15 is 0 Å². The number of fused-ring (bicyclic) bond motifs is 1. The summed E-state index contributed by atoms with van der Waals surface area (Å²) < 4.78 is 25.5. The molecular formula is C11H9N3O3S2. The number of amides is 2. The summed E-state index contributed by atoms with van der Waals surface area (Å²) in [6, 6.07) is 2.77. The second kappa shape index (κ2) is 4.32. The Morgan fingerprint density at radius 2 is 2.21 bits per heavy atom. The Hall–Kier alpha value is -1.93. The molecule has 0 saturated carbocycles. The van der Waals surface area contributed by atoms with Gasteiger partial charge in [0.2, 0.25) is 0 Å². The number of rotatable bonds is 2. The van der Waals surface area contributed by atoms with E-state index < -0.39 is 16.1 Å². The summed E-state index contributed by atoms with van der Waals surface area (Å²) in [5.41, 5.74) is 0.998. The summed E-state index contributed by atoms with van der Waals surface area (Å²) in [7, 11) is -3.78. The standard InChI is InChI=1S/C11H9N3O3S2/c15-11-13-9-6-18-7-10(9)19(16,17)14(11)5-8-2-1-3-12-4-8/h1-4,6-7H,5H2,(H,13,15). The van der Waals surface area contributed by atoms with E-state index in [2.05, 4.69) is 10.3 Å². The fourth-order valence-corrected chi connectivity index (χ4v) is 4.37. The summed E-state index contributed by atoms with van der Waals surface area (Å²) in [5, 5.41) is 5.68. The fraction of sp³-hybridized carbons (Fsp3) is 0.0909. The van der Waals surface area contributed by atoms with E-state index in [1.54, 1.807) is 23.7 Å². The van der Waals surface area contributed by atoms with Crippen LogP contribution in [0.25, 0.3) is 0 Å². The van der Waals surface area contributed by atoms with Crippen LogP contribution in [0.2, 0.25) is 0 Å². The summed E-state index contributed by atoms with van der Waals surface area (Å²) in [6.45, 7) is -0.0305. The van der Waals surface area contributed by atoms with Gasteiger partial charge in [-0.15, -0.1) is 11.3 Å². The van der Waals surface area contributed by atoms with Crippen molar-refractivity contribution < 1.29 is 13.2 Å². The topological polar surface area (TPSA) is 79.4 Å². The van der Waals surface area contributed by atoms with Crippen LogP contribution in [-0.2, 0) is 16.6 Å². The molecule has 2 amide bonds. The van der Waals surface area contributed by atoms with Gasteiger partial charge in [0.15, 0.2) is 0 Å². The molecule has 1 aliphatic rings. The van der Waals surface area contributed by atoms with Crippen molar-refractivity contribution in [2.24, 2.45) is 0 Å². The molecule has 3 rings (SSSR count). The second-order valence-electron chi connectivity index (χ2n) is 3.95. The first-order valence-electron chi connectivity index (χ1n) is 5.38. The molecule has 3 heterocycles. The Kier molecular flexibility index (Phi) is 2.76. The van der Waals surface area contributed by atoms with E-state index in [0.29, 0.717) is 11.3 Å². The lowest BCUT2D eigenvalue weighted by molar-refractivity contribution is 0.233. The number of carbonyl (C=O) groups excluding carboxylic acids is 1. The third-order valence-electron chi connectivity index (χ3n) is 2.71. The molecule has 0 fully saturated rings. The number of hydrogen-bond donors (Lipinski definition) is 1. The van der Waals surface area contributed by atoms with Crippen molar-refractivity contribution in [3.63, 3.8) is 0 Å². The van der Waals surface area contributed by atoms with E-state index in [1.165, 1.54) is 22.9 Å². The van der Waals surface area contributed by atoms with Gasteiger partial charge < -0.3 is 5.32 Å². The summed E-state index contributed by atoms with van der Waals surface area (Å²) in [6.07, 6.45) is 3.12. The molecule has 2 aromatic heterocycles. The zero-order valence-corrected chi connectivity index (χ0v) is 11.2. The third kappa shape index (κ3) is 1.98. The minimum atomic E-state index is -3.78. The van der Waals surface area contributed by atoms with Crippen LogP contribution >= 0.6 is 11.3 Å². The molecule has 98 valence electrons. The molecule has 0 saturated heterocycles. The van der Waals surface area contributed by atoms with Crippen LogP contribution < -0.4 is 5.32 Å². The van der Waals surface area contributed by atoms with Crippen molar-refractivity contribution in [1.29, 1.82) is 0 Å². The number of thiophene rings is 1. The SMILES string of the molecule is O=C1Nc2cscc2S(=O)(=O)N1Cc1cccnc1. The summed E-state index contributed by atoms with van der Waals surface area (Å²) >= 11 is 1.24. The first-order chi connectivity index (χ1) is 9.09. The third-order valence-corrected chi connectivity index (χ3v) is 5.37. The first kappa shape index (κ1) is 12.1. The molecule has 19 heavy (non-hydrogen) atoms. The van der Waals surface area contributed by atoms with Gasteiger partial charge in [-0.05, 0) is 11.6 Å². The molecule has 1 aliphatic heterocycles. The van der Waals surface area contributed by atoms with E-state index in [1.807, 2.05) is 0 Å². The zero-order valence-electron chi connectivity index (χ0n) is 9.61. The second-order valence-corrected chi connectivity index (χ2v) is 6.53. The summed E-state index contributed by atoms with van der Waals surface area (Å²) in [4.78, 5) is 15.9. The Balaban J connectivity index is 2.01. The highest BCUT2D eigenvalue weighted by Crippen LogP contribution is 2.33. The highest BCUT2D eigenvalue weighted by molar-refractivity contribution is 7.90. The lowest BCUT2D eigenvalue weighted by Gasteiger charge is -2.26. The monoisotopic (exact) mass is 295 g/mol. The molecule has 0 aromatic carbocycles. The molecule has 0 atom stereocenters. The molecule has 0 aliphatic carbocycles. The van der Waals surface area contributed by atoms with Crippen LogP contribution in [0.4, 0.5) is 10.5 Å². The number of sulfonamides is 1. The normalized spacial score (nSPS) is 16.8. The quantitative estimate of drug-likeness (QED) is 0.917. The summed E-state index contributed by atoms with van der Waals surface area (Å²) in [5.74, 6) is 0. The van der Waals surface area contributed by atoms with Crippen LogP contribution in [0.1, 0.15) is 5.56 Å². The van der Waals surface area contributed by atoms with Gasteiger partial charge in [0.05, 0.1) is 12.2 Å². The van der Waals surface area contributed by atoms with Crippen LogP contribution in [0.3, 0.4) is 0 Å². The van der Waals surface area contributed by atoms with Crippen LogP contribution in [0, 0.1) is 0 Å². The predicted molar refractivity (Wildman–Crippen MR) is 70.3 cm³/mol. The van der Waals surface area contributed by atoms with Crippen LogP contribution in [-0.4, -0.2) is 23.7 Å². The maximum atomic E-state index is 12.3. The zero-order chi connectivity index (χ0) is 13.5. The number of nitrogens with zero attached hydrogens (tertiary/aromatic N) is 2. The molecular weight excluding hydrogens is 286 g/mol. The van der Waals surface area contributed by atoms with Gasteiger partial charge in [-0.25, -0.2) is 17.5 Å². The van der Waals surface area contributed by atoms with E-state index in [4.69, 9.17) is 0 Å². The maximum Gasteiger partial charge on any atom is 0.336 e. The number of urea groups is 1. The van der Waals surface area contributed by atoms with Crippen molar-refractivity contribution in [3.05, 3.63) is 40.8 Å². The first-order valence-corrected chi connectivity index (χ1v) is 7.76. The molecule has 0 spiro atoms. The van der Waals surface area contributed by atoms with Crippen molar-refractivity contribution in [1.82, 2.24) is 9.29 Å². The molecule has 0 radical (unpaired) electrons. The minimum Gasteiger partial charge on any atom is -0.305 e. The number of pyridine rings is 1. The fourth-order valence-electron chi connectivity index (χ4n) is 1.80. The van der Waals surface area contributed by atoms with Gasteiger partial charge in [-0.2, -0.15) is 0 Å². The van der Waals surface area contributed by atoms with E-state index in [0.717, 1.165) is 4.31 Å². The average molecular weight is 295 g/mol. The van der Waals surface area contributed by atoms with Crippen molar-refractivity contribution in [2.75, 3.05) is 5.32 Å². The molecule has 0 bridgehead atoms. The Morgan fingerprint density at radius 1 is 1.37 bits per heavy atom. The minimum absolute atomic E-state index is 0.0305. The largest absolute Gasteiger partial charge is 0.336 e. The van der Waals surface area contributed by atoms with E-state index in [-0.39, 0.29) is 11.4 Å². The molecule has 6 nitrogen and oxygen atoms in total. The smallest absolute Gasteiger partial charge is 0.305 e. The van der Waals surface area contributed by atoms with Gasteiger partial charge >= 0.3 is 6.03 Å². The number of carbonyl (C=O) groups is 1. The number of anilines is 1. The van der Waals surface area contributed by atoms with Crippen LogP contribution in [0.15, 0.2) is 40.2 Å². The van der Waals surface area contributed by atoms with Gasteiger partial charge in [-0.3, -0.25) is 4.98 Å². The number of aromatic nitrogens is 1. The van der Waals surface area contributed by atoms with E-state index in [9.17, 15) is 13.2 Å². The lowest BCUT2D eigenvalue weighted by Crippen LogP contribution is -2.42. The van der Waals surface area contributed by atoms with Gasteiger partial charge in [0.25, 0.3) is 10.0 Å². The van der Waals surface area contributed by atoms with Gasteiger partial charge in [-0.1, -0.05) is 6.07 Å². The highest BCUT2D eigenvalue weighted by Gasteiger charge is 2.37. The van der Waals surface area contributed by atoms with Crippen molar-refractivity contribution >= 4 is 33.1 Å². The molecule has 0 unspecified atom stereocenters. The van der Waals surface area contributed by atoms with Crippen molar-refractivity contribution in [2.45, 2.75) is 11.4 Å². The Bertz CT molecular complexity index is 725. The maximum absolute atomic E-state index is 12.3. The van der Waals surface area contributed by atoms with Crippen molar-refractivity contribution in [3.8, 4) is 0 Å². The average Bonchev–Trinajstić information content (AvgIpc) is 2.85. The lowest BCUT2D eigenvalue weighted by atomic mass is 10.3. The van der Waals surface area contributed by atoms with Gasteiger partial charge in [0.1, 0.15) is 4.90 Å². The number of hydrogen-bond acceptors (Lipinski definition) is 5. The highest BCUT2D eigenvalue weighted by atomic mass is 32.2. The van der Waals surface area contributed by atoms with Gasteiger partial charge in [0, 0.05) is 23.2 Å².